The van der Waals surface area contributed by atoms with Crippen molar-refractivity contribution in [3.63, 3.8) is 0 Å². The summed E-state index contributed by atoms with van der Waals surface area (Å²) in [5.41, 5.74) is 0.891. The lowest BCUT2D eigenvalue weighted by Gasteiger charge is -2.36. The third kappa shape index (κ3) is 9.32. The van der Waals surface area contributed by atoms with Crippen molar-refractivity contribution in [1.29, 1.82) is 0 Å². The van der Waals surface area contributed by atoms with Crippen molar-refractivity contribution in [2.75, 3.05) is 97.5 Å². The SMILES string of the molecule is COCCOCCOCCOCC(=O)N1CCN(CCCN2c3ccccc3Sc3ccc(C(F)(F)F)cc32)CC1. The van der Waals surface area contributed by atoms with Gasteiger partial charge >= 0.3 is 6.18 Å². The molecule has 2 heterocycles. The van der Waals surface area contributed by atoms with Crippen LogP contribution in [0.15, 0.2) is 52.3 Å². The fraction of sp³-hybridized carbons (Fsp3) is 0.552. The molecule has 2 aromatic carbocycles. The average Bonchev–Trinajstić information content (AvgIpc) is 2.97. The summed E-state index contributed by atoms with van der Waals surface area (Å²) in [6, 6.07) is 11.8. The van der Waals surface area contributed by atoms with Gasteiger partial charge in [-0.25, -0.2) is 0 Å². The third-order valence-corrected chi connectivity index (χ3v) is 8.07. The Kier molecular flexibility index (Phi) is 12.1. The quantitative estimate of drug-likeness (QED) is 0.278. The van der Waals surface area contributed by atoms with Crippen LogP contribution in [0.2, 0.25) is 0 Å². The highest BCUT2D eigenvalue weighted by Gasteiger charge is 2.33. The first-order valence-corrected chi connectivity index (χ1v) is 14.7. The first-order valence-electron chi connectivity index (χ1n) is 13.8. The van der Waals surface area contributed by atoms with E-state index < -0.39 is 11.7 Å². The largest absolute Gasteiger partial charge is 0.416 e. The van der Waals surface area contributed by atoms with Crippen molar-refractivity contribution in [2.24, 2.45) is 0 Å². The van der Waals surface area contributed by atoms with E-state index in [4.69, 9.17) is 18.9 Å². The van der Waals surface area contributed by atoms with Crippen LogP contribution in [-0.4, -0.2) is 108 Å². The molecule has 226 valence electrons. The summed E-state index contributed by atoms with van der Waals surface area (Å²) < 4.78 is 61.5. The lowest BCUT2D eigenvalue weighted by Crippen LogP contribution is -2.50. The molecule has 4 rings (SSSR count). The molecule has 0 aliphatic carbocycles. The van der Waals surface area contributed by atoms with E-state index in [1.165, 1.54) is 17.8 Å². The second-order valence-corrected chi connectivity index (χ2v) is 10.8. The molecule has 2 aliphatic rings. The number of carbonyl (C=O) groups excluding carboxylic acids is 1. The third-order valence-electron chi connectivity index (χ3n) is 6.94. The van der Waals surface area contributed by atoms with Gasteiger partial charge < -0.3 is 28.7 Å². The number of para-hydroxylation sites is 1. The zero-order chi connectivity index (χ0) is 29.1. The Balaban J connectivity index is 1.17. The van der Waals surface area contributed by atoms with E-state index in [0.29, 0.717) is 65.0 Å². The highest BCUT2D eigenvalue weighted by Crippen LogP contribution is 2.49. The van der Waals surface area contributed by atoms with Crippen LogP contribution in [0.3, 0.4) is 0 Å². The minimum atomic E-state index is -4.39. The van der Waals surface area contributed by atoms with Gasteiger partial charge in [-0.3, -0.25) is 9.69 Å². The van der Waals surface area contributed by atoms with E-state index in [1.54, 1.807) is 13.2 Å². The molecule has 8 nitrogen and oxygen atoms in total. The van der Waals surface area contributed by atoms with E-state index in [0.717, 1.165) is 47.6 Å². The molecule has 0 bridgehead atoms. The highest BCUT2D eigenvalue weighted by molar-refractivity contribution is 7.99. The molecular weight excluding hydrogens is 559 g/mol. The molecule has 2 aromatic rings. The molecule has 1 amide bonds. The molecule has 12 heteroatoms. The van der Waals surface area contributed by atoms with Crippen molar-refractivity contribution < 1.29 is 36.9 Å². The molecule has 1 saturated heterocycles. The van der Waals surface area contributed by atoms with Gasteiger partial charge in [0.1, 0.15) is 6.61 Å². The van der Waals surface area contributed by atoms with Gasteiger partial charge in [0, 0.05) is 49.6 Å². The molecule has 0 aromatic heterocycles. The Morgan fingerprint density at radius 1 is 0.829 bits per heavy atom. The number of piperazine rings is 1. The number of halogens is 3. The van der Waals surface area contributed by atoms with E-state index in [1.807, 2.05) is 34.1 Å². The average molecular weight is 598 g/mol. The van der Waals surface area contributed by atoms with Gasteiger partial charge in [0.25, 0.3) is 0 Å². The van der Waals surface area contributed by atoms with Gasteiger partial charge in [0.05, 0.1) is 56.6 Å². The summed E-state index contributed by atoms with van der Waals surface area (Å²) in [6.07, 6.45) is -3.61. The maximum Gasteiger partial charge on any atom is 0.416 e. The van der Waals surface area contributed by atoms with Crippen LogP contribution < -0.4 is 4.90 Å². The topological polar surface area (TPSA) is 63.7 Å². The van der Waals surface area contributed by atoms with Gasteiger partial charge in [-0.05, 0) is 43.3 Å². The lowest BCUT2D eigenvalue weighted by molar-refractivity contribution is -0.138. The molecule has 1 fully saturated rings. The zero-order valence-corrected chi connectivity index (χ0v) is 24.2. The summed E-state index contributed by atoms with van der Waals surface area (Å²) in [5, 5.41) is 0. The number of hydrogen-bond acceptors (Lipinski definition) is 8. The van der Waals surface area contributed by atoms with Crippen molar-refractivity contribution in [3.05, 3.63) is 48.0 Å². The van der Waals surface area contributed by atoms with Gasteiger partial charge in [0.2, 0.25) is 5.91 Å². The summed E-state index contributed by atoms with van der Waals surface area (Å²) in [4.78, 5) is 20.5. The molecule has 0 unspecified atom stereocenters. The summed E-state index contributed by atoms with van der Waals surface area (Å²) in [6.45, 7) is 6.95. The number of amides is 1. The second-order valence-electron chi connectivity index (χ2n) is 9.75. The molecule has 41 heavy (non-hydrogen) atoms. The minimum absolute atomic E-state index is 0.0272. The first-order chi connectivity index (χ1) is 19.9. The number of rotatable bonds is 15. The summed E-state index contributed by atoms with van der Waals surface area (Å²) >= 11 is 1.50. The van der Waals surface area contributed by atoms with Crippen LogP contribution in [0.5, 0.6) is 0 Å². The zero-order valence-electron chi connectivity index (χ0n) is 23.4. The molecular formula is C29H38F3N3O5S. The van der Waals surface area contributed by atoms with E-state index in [2.05, 4.69) is 4.90 Å². The Morgan fingerprint density at radius 3 is 2.20 bits per heavy atom. The Bertz CT molecular complexity index is 1120. The van der Waals surface area contributed by atoms with Crippen LogP contribution in [0, 0.1) is 0 Å². The van der Waals surface area contributed by atoms with Crippen molar-refractivity contribution in [1.82, 2.24) is 9.80 Å². The monoisotopic (exact) mass is 597 g/mol. The summed E-state index contributed by atoms with van der Waals surface area (Å²) in [5.74, 6) is -0.0351. The minimum Gasteiger partial charge on any atom is -0.382 e. The fourth-order valence-electron chi connectivity index (χ4n) is 4.75. The lowest BCUT2D eigenvalue weighted by atomic mass is 10.1. The molecule has 0 spiro atoms. The fourth-order valence-corrected chi connectivity index (χ4v) is 5.83. The highest BCUT2D eigenvalue weighted by atomic mass is 32.2. The predicted molar refractivity (Wildman–Crippen MR) is 151 cm³/mol. The molecule has 0 saturated carbocycles. The Hall–Kier alpha value is -2.35. The van der Waals surface area contributed by atoms with Crippen molar-refractivity contribution >= 4 is 29.0 Å². The van der Waals surface area contributed by atoms with E-state index in [9.17, 15) is 18.0 Å². The molecule has 0 atom stereocenters. The number of benzene rings is 2. The normalized spacial score (nSPS) is 15.6. The molecule has 2 aliphatic heterocycles. The van der Waals surface area contributed by atoms with Gasteiger partial charge in [-0.1, -0.05) is 23.9 Å². The van der Waals surface area contributed by atoms with Crippen LogP contribution in [0.25, 0.3) is 0 Å². The van der Waals surface area contributed by atoms with E-state index in [-0.39, 0.29) is 12.5 Å². The van der Waals surface area contributed by atoms with Crippen LogP contribution >= 0.6 is 11.8 Å². The van der Waals surface area contributed by atoms with E-state index >= 15 is 0 Å². The van der Waals surface area contributed by atoms with Crippen LogP contribution in [0.1, 0.15) is 12.0 Å². The number of nitrogens with zero attached hydrogens (tertiary/aromatic N) is 3. The smallest absolute Gasteiger partial charge is 0.382 e. The number of hydrogen-bond donors (Lipinski definition) is 0. The molecule has 0 radical (unpaired) electrons. The van der Waals surface area contributed by atoms with Crippen molar-refractivity contribution in [2.45, 2.75) is 22.4 Å². The van der Waals surface area contributed by atoms with Gasteiger partial charge in [0.15, 0.2) is 0 Å². The Labute approximate surface area is 243 Å². The number of carbonyl (C=O) groups is 1. The Morgan fingerprint density at radius 2 is 1.49 bits per heavy atom. The number of anilines is 2. The second kappa shape index (κ2) is 15.8. The first kappa shape index (κ1) is 31.6. The molecule has 0 N–H and O–H groups in total. The van der Waals surface area contributed by atoms with Crippen molar-refractivity contribution in [3.8, 4) is 0 Å². The number of alkyl halides is 3. The van der Waals surface area contributed by atoms with Crippen LogP contribution in [-0.2, 0) is 29.9 Å². The maximum absolute atomic E-state index is 13.5. The standard InChI is InChI=1S/C29H38F3N3O5S/c1-37-15-16-38-17-18-39-19-20-40-22-28(36)34-13-11-33(12-14-34)9-4-10-35-24-5-2-3-6-26(24)41-27-8-7-23(21-25(27)35)29(30,31)32/h2-3,5-8,21H,4,9-20,22H2,1H3. The van der Waals surface area contributed by atoms with Crippen LogP contribution in [0.4, 0.5) is 24.5 Å². The summed E-state index contributed by atoms with van der Waals surface area (Å²) in [7, 11) is 1.62. The van der Waals surface area contributed by atoms with Gasteiger partial charge in [-0.15, -0.1) is 0 Å². The van der Waals surface area contributed by atoms with Gasteiger partial charge in [-0.2, -0.15) is 13.2 Å². The number of ether oxygens (including phenoxy) is 4. The number of fused-ring (bicyclic) bond motifs is 2. The predicted octanol–water partition coefficient (Wildman–Crippen LogP) is 4.54. The maximum atomic E-state index is 13.5. The number of methoxy groups -OCH3 is 1.